The quantitative estimate of drug-likeness (QED) is 0.458. The summed E-state index contributed by atoms with van der Waals surface area (Å²) in [6.45, 7) is 0.644. The Morgan fingerprint density at radius 3 is 2.00 bits per heavy atom. The Morgan fingerprint density at radius 2 is 1.35 bits per heavy atom. The molecule has 26 heavy (non-hydrogen) atoms. The third kappa shape index (κ3) is 3.62. The molecule has 0 bridgehead atoms. The van der Waals surface area contributed by atoms with Crippen LogP contribution in [0, 0.1) is 0 Å². The van der Waals surface area contributed by atoms with E-state index in [1.807, 2.05) is 30.3 Å². The molecule has 128 valence electrons. The van der Waals surface area contributed by atoms with Gasteiger partial charge >= 0.3 is 0 Å². The Bertz CT molecular complexity index is 961. The summed E-state index contributed by atoms with van der Waals surface area (Å²) in [6.07, 6.45) is 0. The second-order valence-corrected chi connectivity index (χ2v) is 6.62. The van der Waals surface area contributed by atoms with Crippen molar-refractivity contribution in [1.82, 2.24) is 10.3 Å². The highest BCUT2D eigenvalue weighted by molar-refractivity contribution is 6.30. The predicted molar refractivity (Wildman–Crippen MR) is 108 cm³/mol. The van der Waals surface area contributed by atoms with Gasteiger partial charge in [-0.3, -0.25) is 0 Å². The van der Waals surface area contributed by atoms with E-state index in [1.165, 1.54) is 11.1 Å². The number of benzene rings is 3. The molecule has 1 aromatic heterocycles. The lowest BCUT2D eigenvalue weighted by atomic mass is 9.98. The van der Waals surface area contributed by atoms with Crippen molar-refractivity contribution < 1.29 is 0 Å². The van der Waals surface area contributed by atoms with Gasteiger partial charge in [0.05, 0.1) is 11.6 Å². The average molecular weight is 359 g/mol. The van der Waals surface area contributed by atoms with Crippen LogP contribution in [0.5, 0.6) is 0 Å². The molecule has 4 aromatic rings. The average Bonchev–Trinajstić information content (AvgIpc) is 2.70. The maximum absolute atomic E-state index is 6.43. The van der Waals surface area contributed by atoms with Gasteiger partial charge in [0.25, 0.3) is 0 Å². The second kappa shape index (κ2) is 7.69. The first-order chi connectivity index (χ1) is 12.8. The fraction of sp³-hybridized carbons (Fsp3) is 0.0870. The van der Waals surface area contributed by atoms with Crippen LogP contribution < -0.4 is 5.32 Å². The number of aromatic nitrogens is 1. The third-order valence-corrected chi connectivity index (χ3v) is 4.84. The van der Waals surface area contributed by atoms with Crippen molar-refractivity contribution in [1.29, 1.82) is 0 Å². The first kappa shape index (κ1) is 16.8. The number of para-hydroxylation sites is 1. The number of rotatable bonds is 5. The Balaban J connectivity index is 1.64. The van der Waals surface area contributed by atoms with Crippen LogP contribution >= 0.6 is 11.6 Å². The molecule has 4 rings (SSSR count). The summed E-state index contributed by atoms with van der Waals surface area (Å²) < 4.78 is 0. The normalized spacial score (nSPS) is 11.2. The van der Waals surface area contributed by atoms with E-state index < -0.39 is 0 Å². The lowest BCUT2D eigenvalue weighted by molar-refractivity contribution is 0.605. The van der Waals surface area contributed by atoms with Gasteiger partial charge in [0, 0.05) is 17.5 Å². The lowest BCUT2D eigenvalue weighted by Gasteiger charge is -2.20. The van der Waals surface area contributed by atoms with Gasteiger partial charge in [-0.25, -0.2) is 4.98 Å². The predicted octanol–water partition coefficient (Wildman–Crippen LogP) is 5.77. The van der Waals surface area contributed by atoms with E-state index in [2.05, 4.69) is 71.0 Å². The SMILES string of the molecule is Clc1nc2ccccc2cc1CNC(c1ccccc1)c1ccccc1. The molecule has 0 amide bonds. The van der Waals surface area contributed by atoms with Crippen LogP contribution in [-0.4, -0.2) is 4.98 Å². The number of fused-ring (bicyclic) bond motifs is 1. The minimum Gasteiger partial charge on any atom is -0.302 e. The highest BCUT2D eigenvalue weighted by Gasteiger charge is 2.14. The molecule has 0 aliphatic heterocycles. The van der Waals surface area contributed by atoms with E-state index in [-0.39, 0.29) is 6.04 Å². The van der Waals surface area contributed by atoms with Crippen molar-refractivity contribution in [3.8, 4) is 0 Å². The summed E-state index contributed by atoms with van der Waals surface area (Å²) in [4.78, 5) is 4.52. The van der Waals surface area contributed by atoms with E-state index in [1.54, 1.807) is 0 Å². The summed E-state index contributed by atoms with van der Waals surface area (Å²) in [6, 6.07) is 31.2. The molecule has 1 N–H and O–H groups in total. The number of nitrogens with one attached hydrogen (secondary N) is 1. The molecule has 0 saturated carbocycles. The molecule has 0 aliphatic rings. The van der Waals surface area contributed by atoms with Gasteiger partial charge in [-0.05, 0) is 23.3 Å². The summed E-state index contributed by atoms with van der Waals surface area (Å²) in [5.41, 5.74) is 4.37. The third-order valence-electron chi connectivity index (χ3n) is 4.51. The van der Waals surface area contributed by atoms with Gasteiger partial charge in [-0.2, -0.15) is 0 Å². The van der Waals surface area contributed by atoms with Crippen LogP contribution in [0.4, 0.5) is 0 Å². The number of nitrogens with zero attached hydrogens (tertiary/aromatic N) is 1. The zero-order chi connectivity index (χ0) is 17.8. The summed E-state index contributed by atoms with van der Waals surface area (Å²) in [5.74, 6) is 0. The summed E-state index contributed by atoms with van der Waals surface area (Å²) in [7, 11) is 0. The molecule has 0 spiro atoms. The first-order valence-electron chi connectivity index (χ1n) is 8.69. The fourth-order valence-electron chi connectivity index (χ4n) is 3.19. The van der Waals surface area contributed by atoms with Crippen LogP contribution in [0.2, 0.25) is 5.15 Å². The monoisotopic (exact) mass is 358 g/mol. The van der Waals surface area contributed by atoms with E-state index in [9.17, 15) is 0 Å². The molecule has 0 radical (unpaired) electrons. The largest absolute Gasteiger partial charge is 0.302 e. The molecular formula is C23H19ClN2. The van der Waals surface area contributed by atoms with Gasteiger partial charge in [0.15, 0.2) is 0 Å². The minimum atomic E-state index is 0.0972. The number of hydrogen-bond donors (Lipinski definition) is 1. The highest BCUT2D eigenvalue weighted by atomic mass is 35.5. The van der Waals surface area contributed by atoms with Gasteiger partial charge in [0.1, 0.15) is 5.15 Å². The lowest BCUT2D eigenvalue weighted by Crippen LogP contribution is -2.22. The fourth-order valence-corrected chi connectivity index (χ4v) is 3.40. The van der Waals surface area contributed by atoms with Gasteiger partial charge < -0.3 is 5.32 Å². The van der Waals surface area contributed by atoms with Crippen LogP contribution in [0.1, 0.15) is 22.7 Å². The van der Waals surface area contributed by atoms with E-state index in [4.69, 9.17) is 11.6 Å². The van der Waals surface area contributed by atoms with E-state index in [0.29, 0.717) is 11.7 Å². The molecule has 2 nitrogen and oxygen atoms in total. The summed E-state index contributed by atoms with van der Waals surface area (Å²) in [5, 5.41) is 5.30. The molecule has 0 unspecified atom stereocenters. The van der Waals surface area contributed by atoms with Crippen molar-refractivity contribution >= 4 is 22.5 Å². The number of halogens is 1. The van der Waals surface area contributed by atoms with E-state index in [0.717, 1.165) is 16.5 Å². The van der Waals surface area contributed by atoms with Crippen molar-refractivity contribution in [2.24, 2.45) is 0 Å². The highest BCUT2D eigenvalue weighted by Crippen LogP contribution is 2.25. The van der Waals surface area contributed by atoms with Crippen LogP contribution in [-0.2, 0) is 6.54 Å². The topological polar surface area (TPSA) is 24.9 Å². The molecular weight excluding hydrogens is 340 g/mol. The van der Waals surface area contributed by atoms with Crippen molar-refractivity contribution in [2.75, 3.05) is 0 Å². The molecule has 3 heteroatoms. The standard InChI is InChI=1S/C23H19ClN2/c24-23-20(15-19-13-7-8-14-21(19)26-23)16-25-22(17-9-3-1-4-10-17)18-11-5-2-6-12-18/h1-15,22,25H,16H2. The molecule has 0 atom stereocenters. The second-order valence-electron chi connectivity index (χ2n) is 6.27. The van der Waals surface area contributed by atoms with Gasteiger partial charge in [-0.15, -0.1) is 0 Å². The maximum Gasteiger partial charge on any atom is 0.134 e. The van der Waals surface area contributed by atoms with Crippen molar-refractivity contribution in [3.63, 3.8) is 0 Å². The van der Waals surface area contributed by atoms with Crippen LogP contribution in [0.15, 0.2) is 91.0 Å². The van der Waals surface area contributed by atoms with Gasteiger partial charge in [-0.1, -0.05) is 90.5 Å². The first-order valence-corrected chi connectivity index (χ1v) is 9.06. The Morgan fingerprint density at radius 1 is 0.769 bits per heavy atom. The molecule has 3 aromatic carbocycles. The molecule has 0 fully saturated rings. The summed E-state index contributed by atoms with van der Waals surface area (Å²) >= 11 is 6.43. The van der Waals surface area contributed by atoms with Crippen LogP contribution in [0.3, 0.4) is 0 Å². The Kier molecular flexibility index (Phi) is 4.96. The molecule has 0 saturated heterocycles. The van der Waals surface area contributed by atoms with Crippen LogP contribution in [0.25, 0.3) is 10.9 Å². The van der Waals surface area contributed by atoms with Gasteiger partial charge in [0.2, 0.25) is 0 Å². The zero-order valence-corrected chi connectivity index (χ0v) is 15.0. The Labute approximate surface area is 158 Å². The molecule has 1 heterocycles. The molecule has 0 aliphatic carbocycles. The number of hydrogen-bond acceptors (Lipinski definition) is 2. The van der Waals surface area contributed by atoms with Crippen molar-refractivity contribution in [2.45, 2.75) is 12.6 Å². The minimum absolute atomic E-state index is 0.0972. The Hall–Kier alpha value is -2.68. The van der Waals surface area contributed by atoms with Crippen molar-refractivity contribution in [3.05, 3.63) is 113 Å². The van der Waals surface area contributed by atoms with E-state index >= 15 is 0 Å². The maximum atomic E-state index is 6.43. The zero-order valence-electron chi connectivity index (χ0n) is 14.3. The number of pyridine rings is 1. The smallest absolute Gasteiger partial charge is 0.134 e.